The summed E-state index contributed by atoms with van der Waals surface area (Å²) in [6.45, 7) is 4.91. The molecule has 12 heavy (non-hydrogen) atoms. The van der Waals surface area contributed by atoms with Crippen molar-refractivity contribution in [2.45, 2.75) is 20.0 Å². The number of hydrogen-bond donors (Lipinski definition) is 1. The van der Waals surface area contributed by atoms with Crippen molar-refractivity contribution in [3.05, 3.63) is 17.8 Å². The van der Waals surface area contributed by atoms with Crippen LogP contribution in [-0.4, -0.2) is 17.6 Å². The highest BCUT2D eigenvalue weighted by Crippen LogP contribution is 2.26. The first-order valence-corrected chi connectivity index (χ1v) is 4.13. The van der Waals surface area contributed by atoms with Gasteiger partial charge in [-0.3, -0.25) is 0 Å². The Balaban J connectivity index is 2.37. The van der Waals surface area contributed by atoms with Crippen LogP contribution >= 0.6 is 0 Å². The Morgan fingerprint density at radius 1 is 1.67 bits per heavy atom. The van der Waals surface area contributed by atoms with Gasteiger partial charge in [0.2, 0.25) is 5.88 Å². The third kappa shape index (κ3) is 1.22. The Bertz CT molecular complexity index is 299. The first-order chi connectivity index (χ1) is 5.75. The van der Waals surface area contributed by atoms with Crippen LogP contribution in [-0.2, 0) is 0 Å². The van der Waals surface area contributed by atoms with E-state index >= 15 is 0 Å². The molecule has 0 fully saturated rings. The number of aromatic nitrogens is 1. The standard InChI is InChI=1S/C9H12N2O/c1-6-3-8-9(11-4-6)12-7(2)5-10-8/h3-4,7,10H,5H2,1-2H3. The number of anilines is 1. The molecule has 0 saturated carbocycles. The van der Waals surface area contributed by atoms with Gasteiger partial charge in [0.1, 0.15) is 6.10 Å². The second kappa shape index (κ2) is 2.66. The molecule has 1 aliphatic rings. The Kier molecular flexibility index (Phi) is 1.64. The van der Waals surface area contributed by atoms with E-state index in [1.54, 1.807) is 0 Å². The molecule has 2 rings (SSSR count). The predicted octanol–water partition coefficient (Wildman–Crippen LogP) is 1.58. The van der Waals surface area contributed by atoms with Gasteiger partial charge < -0.3 is 10.1 Å². The maximum atomic E-state index is 5.51. The third-order valence-corrected chi connectivity index (χ3v) is 1.88. The van der Waals surface area contributed by atoms with Crippen LogP contribution in [0.1, 0.15) is 12.5 Å². The van der Waals surface area contributed by atoms with Gasteiger partial charge in [-0.25, -0.2) is 4.98 Å². The summed E-state index contributed by atoms with van der Waals surface area (Å²) >= 11 is 0. The van der Waals surface area contributed by atoms with Crippen molar-refractivity contribution in [1.82, 2.24) is 4.98 Å². The minimum Gasteiger partial charge on any atom is -0.471 e. The maximum Gasteiger partial charge on any atom is 0.237 e. The van der Waals surface area contributed by atoms with E-state index in [4.69, 9.17) is 4.74 Å². The lowest BCUT2D eigenvalue weighted by molar-refractivity contribution is 0.216. The predicted molar refractivity (Wildman–Crippen MR) is 47.6 cm³/mol. The highest BCUT2D eigenvalue weighted by Gasteiger charge is 2.15. The summed E-state index contributed by atoms with van der Waals surface area (Å²) in [5.41, 5.74) is 2.16. The van der Waals surface area contributed by atoms with Crippen LogP contribution < -0.4 is 10.1 Å². The molecular formula is C9H12N2O. The molecule has 1 aromatic heterocycles. The smallest absolute Gasteiger partial charge is 0.237 e. The fourth-order valence-electron chi connectivity index (χ4n) is 1.26. The van der Waals surface area contributed by atoms with Crippen LogP contribution in [0.5, 0.6) is 5.88 Å². The van der Waals surface area contributed by atoms with E-state index in [0.29, 0.717) is 0 Å². The molecule has 1 aliphatic heterocycles. The second-order valence-corrected chi connectivity index (χ2v) is 3.17. The SMILES string of the molecule is Cc1cnc2c(c1)NCC(C)O2. The summed E-state index contributed by atoms with van der Waals surface area (Å²) in [5.74, 6) is 0.722. The fourth-order valence-corrected chi connectivity index (χ4v) is 1.26. The van der Waals surface area contributed by atoms with E-state index in [-0.39, 0.29) is 6.10 Å². The lowest BCUT2D eigenvalue weighted by atomic mass is 10.2. The summed E-state index contributed by atoms with van der Waals surface area (Å²) in [6, 6.07) is 2.05. The Hall–Kier alpha value is -1.25. The number of nitrogens with zero attached hydrogens (tertiary/aromatic N) is 1. The zero-order valence-electron chi connectivity index (χ0n) is 7.29. The first kappa shape index (κ1) is 7.40. The van der Waals surface area contributed by atoms with E-state index in [0.717, 1.165) is 23.7 Å². The maximum absolute atomic E-state index is 5.51. The highest BCUT2D eigenvalue weighted by molar-refractivity contribution is 5.55. The quantitative estimate of drug-likeness (QED) is 0.632. The summed E-state index contributed by atoms with van der Waals surface area (Å²) in [6.07, 6.45) is 2.03. The fraction of sp³-hybridized carbons (Fsp3) is 0.444. The van der Waals surface area contributed by atoms with Gasteiger partial charge in [-0.1, -0.05) is 0 Å². The Labute approximate surface area is 71.8 Å². The molecule has 0 spiro atoms. The van der Waals surface area contributed by atoms with Crippen molar-refractivity contribution in [2.24, 2.45) is 0 Å². The number of rotatable bonds is 0. The molecule has 2 heterocycles. The molecule has 0 saturated heterocycles. The number of nitrogens with one attached hydrogen (secondary N) is 1. The molecular weight excluding hydrogens is 152 g/mol. The van der Waals surface area contributed by atoms with Crippen LogP contribution in [0.2, 0.25) is 0 Å². The molecule has 0 radical (unpaired) electrons. The summed E-state index contributed by atoms with van der Waals surface area (Å²) in [7, 11) is 0. The van der Waals surface area contributed by atoms with Crippen molar-refractivity contribution in [3.8, 4) is 5.88 Å². The van der Waals surface area contributed by atoms with Crippen LogP contribution in [0.15, 0.2) is 12.3 Å². The summed E-state index contributed by atoms with van der Waals surface area (Å²) in [4.78, 5) is 4.18. The van der Waals surface area contributed by atoms with Crippen molar-refractivity contribution in [1.29, 1.82) is 0 Å². The number of ether oxygens (including phenoxy) is 1. The lowest BCUT2D eigenvalue weighted by Crippen LogP contribution is -2.28. The minimum absolute atomic E-state index is 0.215. The normalized spacial score (nSPS) is 20.7. The summed E-state index contributed by atoms with van der Waals surface area (Å²) < 4.78 is 5.51. The molecule has 0 aliphatic carbocycles. The average molecular weight is 164 g/mol. The van der Waals surface area contributed by atoms with Gasteiger partial charge in [-0.2, -0.15) is 0 Å². The first-order valence-electron chi connectivity index (χ1n) is 4.13. The van der Waals surface area contributed by atoms with Gasteiger partial charge in [0, 0.05) is 6.20 Å². The molecule has 1 aromatic rings. The Morgan fingerprint density at radius 3 is 3.33 bits per heavy atom. The molecule has 3 nitrogen and oxygen atoms in total. The second-order valence-electron chi connectivity index (χ2n) is 3.17. The molecule has 1 unspecified atom stereocenters. The monoisotopic (exact) mass is 164 g/mol. The molecule has 0 bridgehead atoms. The van der Waals surface area contributed by atoms with Gasteiger partial charge in [0.05, 0.1) is 12.2 Å². The zero-order valence-corrected chi connectivity index (χ0v) is 7.29. The van der Waals surface area contributed by atoms with Crippen LogP contribution in [0, 0.1) is 6.92 Å². The number of pyridine rings is 1. The van der Waals surface area contributed by atoms with E-state index in [1.807, 2.05) is 26.1 Å². The van der Waals surface area contributed by atoms with Crippen molar-refractivity contribution in [3.63, 3.8) is 0 Å². The Morgan fingerprint density at radius 2 is 2.50 bits per heavy atom. The van der Waals surface area contributed by atoms with Gasteiger partial charge in [-0.05, 0) is 25.5 Å². The van der Waals surface area contributed by atoms with Gasteiger partial charge >= 0.3 is 0 Å². The molecule has 0 aromatic carbocycles. The average Bonchev–Trinajstić information content (AvgIpc) is 2.05. The van der Waals surface area contributed by atoms with E-state index in [1.165, 1.54) is 0 Å². The number of hydrogen-bond acceptors (Lipinski definition) is 3. The molecule has 3 heteroatoms. The van der Waals surface area contributed by atoms with Gasteiger partial charge in [-0.15, -0.1) is 0 Å². The molecule has 1 atom stereocenters. The van der Waals surface area contributed by atoms with Crippen molar-refractivity contribution in [2.75, 3.05) is 11.9 Å². The van der Waals surface area contributed by atoms with Gasteiger partial charge in [0.25, 0.3) is 0 Å². The van der Waals surface area contributed by atoms with Crippen LogP contribution in [0.4, 0.5) is 5.69 Å². The van der Waals surface area contributed by atoms with E-state index < -0.39 is 0 Å². The molecule has 1 N–H and O–H groups in total. The lowest BCUT2D eigenvalue weighted by Gasteiger charge is -2.23. The third-order valence-electron chi connectivity index (χ3n) is 1.88. The van der Waals surface area contributed by atoms with Crippen molar-refractivity contribution >= 4 is 5.69 Å². The minimum atomic E-state index is 0.215. The van der Waals surface area contributed by atoms with Crippen molar-refractivity contribution < 1.29 is 4.74 Å². The largest absolute Gasteiger partial charge is 0.471 e. The topological polar surface area (TPSA) is 34.2 Å². The molecule has 0 amide bonds. The number of aryl methyl sites for hydroxylation is 1. The highest BCUT2D eigenvalue weighted by atomic mass is 16.5. The van der Waals surface area contributed by atoms with Crippen LogP contribution in [0.3, 0.4) is 0 Å². The van der Waals surface area contributed by atoms with E-state index in [9.17, 15) is 0 Å². The summed E-state index contributed by atoms with van der Waals surface area (Å²) in [5, 5.41) is 3.27. The van der Waals surface area contributed by atoms with E-state index in [2.05, 4.69) is 10.3 Å². The van der Waals surface area contributed by atoms with Crippen LogP contribution in [0.25, 0.3) is 0 Å². The molecule has 64 valence electrons. The van der Waals surface area contributed by atoms with Gasteiger partial charge in [0.15, 0.2) is 0 Å². The zero-order chi connectivity index (χ0) is 8.55. The number of fused-ring (bicyclic) bond motifs is 1.